The zero-order valence-corrected chi connectivity index (χ0v) is 22.7. The highest BCUT2D eigenvalue weighted by atomic mass is 16.6. The van der Waals surface area contributed by atoms with Crippen LogP contribution in [0.4, 0.5) is 0 Å². The maximum Gasteiger partial charge on any atom is 0.311 e. The van der Waals surface area contributed by atoms with E-state index in [1.807, 2.05) is 39.0 Å². The first-order valence-corrected chi connectivity index (χ1v) is 12.8. The Morgan fingerprint density at radius 2 is 1.63 bits per heavy atom. The lowest BCUT2D eigenvalue weighted by Gasteiger charge is -2.39. The molecule has 5 nitrogen and oxygen atoms in total. The molecule has 0 unspecified atom stereocenters. The molecule has 3 rings (SSSR count). The van der Waals surface area contributed by atoms with Crippen molar-refractivity contribution in [3.8, 4) is 11.5 Å². The van der Waals surface area contributed by atoms with Gasteiger partial charge in [0.2, 0.25) is 0 Å². The molecule has 0 N–H and O–H groups in total. The number of ether oxygens (including phenoxy) is 3. The molecule has 192 valence electrons. The molecule has 1 aliphatic rings. The van der Waals surface area contributed by atoms with E-state index < -0.39 is 5.60 Å². The first-order chi connectivity index (χ1) is 16.6. The van der Waals surface area contributed by atoms with Crippen LogP contribution in [-0.4, -0.2) is 36.7 Å². The van der Waals surface area contributed by atoms with Gasteiger partial charge >= 0.3 is 5.97 Å². The predicted octanol–water partition coefficient (Wildman–Crippen LogP) is 6.66. The molecule has 0 bridgehead atoms. The summed E-state index contributed by atoms with van der Waals surface area (Å²) in [5, 5.41) is 0. The van der Waals surface area contributed by atoms with Gasteiger partial charge in [-0.15, -0.1) is 0 Å². The zero-order valence-electron chi connectivity index (χ0n) is 22.7. The topological polar surface area (TPSA) is 48.0 Å². The summed E-state index contributed by atoms with van der Waals surface area (Å²) < 4.78 is 17.0. The third-order valence-corrected chi connectivity index (χ3v) is 7.23. The summed E-state index contributed by atoms with van der Waals surface area (Å²) >= 11 is 0. The van der Waals surface area contributed by atoms with Crippen LogP contribution in [0.25, 0.3) is 0 Å². The van der Waals surface area contributed by atoms with E-state index in [2.05, 4.69) is 56.0 Å². The van der Waals surface area contributed by atoms with Crippen LogP contribution in [0.2, 0.25) is 0 Å². The van der Waals surface area contributed by atoms with Gasteiger partial charge in [0.25, 0.3) is 0 Å². The highest BCUT2D eigenvalue weighted by molar-refractivity contribution is 5.74. The van der Waals surface area contributed by atoms with Crippen LogP contribution in [0.1, 0.15) is 71.6 Å². The third-order valence-electron chi connectivity index (χ3n) is 7.23. The summed E-state index contributed by atoms with van der Waals surface area (Å²) in [7, 11) is 3.31. The van der Waals surface area contributed by atoms with E-state index in [0.717, 1.165) is 18.4 Å². The molecule has 0 heterocycles. The Kier molecular flexibility index (Phi) is 8.87. The van der Waals surface area contributed by atoms with E-state index >= 15 is 0 Å². The number of carbonyl (C=O) groups is 1. The molecule has 0 spiro atoms. The molecule has 0 radical (unpaired) electrons. The minimum Gasteiger partial charge on any atom is -0.493 e. The van der Waals surface area contributed by atoms with Gasteiger partial charge in [-0.2, -0.15) is 0 Å². The number of esters is 1. The van der Waals surface area contributed by atoms with Crippen LogP contribution in [0, 0.1) is 17.8 Å². The van der Waals surface area contributed by atoms with Crippen molar-refractivity contribution in [1.82, 2.24) is 4.90 Å². The predicted molar refractivity (Wildman–Crippen MR) is 141 cm³/mol. The van der Waals surface area contributed by atoms with Crippen molar-refractivity contribution >= 4 is 5.97 Å². The minimum atomic E-state index is -0.509. The van der Waals surface area contributed by atoms with Crippen LogP contribution in [0.15, 0.2) is 48.5 Å². The minimum absolute atomic E-state index is 0.0729. The smallest absolute Gasteiger partial charge is 0.311 e. The standard InChI is InChI=1S/C30H43NO4/c1-20(2)24-15-16-25(28(24)29(32)35-30(4,5)6)31(21(3)23-12-10-9-11-13-23)19-22-14-17-26(33-7)27(18-22)34-8/h9-14,17-18,20-21,24-25,28H,15-16,19H2,1-8H3/t21-,24+,25+,28-/m0/s1. The molecular formula is C30H43NO4. The van der Waals surface area contributed by atoms with E-state index in [0.29, 0.717) is 29.9 Å². The Morgan fingerprint density at radius 1 is 0.971 bits per heavy atom. The lowest BCUT2D eigenvalue weighted by Crippen LogP contribution is -2.45. The van der Waals surface area contributed by atoms with Crippen LogP contribution >= 0.6 is 0 Å². The fraction of sp³-hybridized carbons (Fsp3) is 0.567. The van der Waals surface area contributed by atoms with Crippen molar-refractivity contribution in [2.24, 2.45) is 17.8 Å². The van der Waals surface area contributed by atoms with Crippen molar-refractivity contribution in [2.75, 3.05) is 14.2 Å². The molecule has 35 heavy (non-hydrogen) atoms. The number of hydrogen-bond donors (Lipinski definition) is 0. The van der Waals surface area contributed by atoms with E-state index in [-0.39, 0.29) is 24.0 Å². The second-order valence-corrected chi connectivity index (χ2v) is 11.1. The van der Waals surface area contributed by atoms with Gasteiger partial charge in [0.15, 0.2) is 11.5 Å². The van der Waals surface area contributed by atoms with Crippen molar-refractivity contribution < 1.29 is 19.0 Å². The van der Waals surface area contributed by atoms with Crippen LogP contribution in [-0.2, 0) is 16.1 Å². The number of methoxy groups -OCH3 is 2. The lowest BCUT2D eigenvalue weighted by atomic mass is 9.83. The van der Waals surface area contributed by atoms with Gasteiger partial charge in [0.1, 0.15) is 5.60 Å². The average Bonchev–Trinajstić information content (AvgIpc) is 3.27. The summed E-state index contributed by atoms with van der Waals surface area (Å²) in [6.07, 6.45) is 1.99. The number of nitrogens with zero attached hydrogens (tertiary/aromatic N) is 1. The average molecular weight is 482 g/mol. The number of benzene rings is 2. The van der Waals surface area contributed by atoms with Crippen molar-refractivity contribution in [3.05, 3.63) is 59.7 Å². The number of rotatable bonds is 9. The quantitative estimate of drug-likeness (QED) is 0.375. The monoisotopic (exact) mass is 481 g/mol. The second-order valence-electron chi connectivity index (χ2n) is 11.1. The number of hydrogen-bond acceptors (Lipinski definition) is 5. The molecule has 0 aliphatic heterocycles. The maximum absolute atomic E-state index is 13.6. The fourth-order valence-corrected chi connectivity index (χ4v) is 5.48. The second kappa shape index (κ2) is 11.5. The van der Waals surface area contributed by atoms with Crippen molar-refractivity contribution in [3.63, 3.8) is 0 Å². The van der Waals surface area contributed by atoms with Crippen LogP contribution in [0.5, 0.6) is 11.5 Å². The normalized spacial score (nSPS) is 21.3. The first-order valence-electron chi connectivity index (χ1n) is 12.8. The SMILES string of the molecule is COc1ccc(CN([C@@H]2CC[C@H](C(C)C)[C@@H]2C(=O)OC(C)(C)C)[C@@H](C)c2ccccc2)cc1OC. The van der Waals surface area contributed by atoms with Gasteiger partial charge < -0.3 is 14.2 Å². The highest BCUT2D eigenvalue weighted by Crippen LogP contribution is 2.44. The molecular weight excluding hydrogens is 438 g/mol. The number of carbonyl (C=O) groups excluding carboxylic acids is 1. The Hall–Kier alpha value is -2.53. The van der Waals surface area contributed by atoms with Crippen molar-refractivity contribution in [2.45, 2.75) is 78.6 Å². The Labute approximate surface area is 211 Å². The van der Waals surface area contributed by atoms with Gasteiger partial charge in [-0.3, -0.25) is 9.69 Å². The summed E-state index contributed by atoms with van der Waals surface area (Å²) in [5.41, 5.74) is 1.86. The van der Waals surface area contributed by atoms with Gasteiger partial charge in [0, 0.05) is 18.6 Å². The third kappa shape index (κ3) is 6.58. The summed E-state index contributed by atoms with van der Waals surface area (Å²) in [4.78, 5) is 16.1. The van der Waals surface area contributed by atoms with E-state index in [4.69, 9.17) is 14.2 Å². The molecule has 1 fully saturated rings. The summed E-state index contributed by atoms with van der Waals surface area (Å²) in [6, 6.07) is 16.8. The van der Waals surface area contributed by atoms with Gasteiger partial charge in [-0.05, 0) is 75.6 Å². The molecule has 0 aromatic heterocycles. The van der Waals surface area contributed by atoms with Crippen molar-refractivity contribution in [1.29, 1.82) is 0 Å². The molecule has 0 saturated heterocycles. The van der Waals surface area contributed by atoms with Crippen LogP contribution < -0.4 is 9.47 Å². The van der Waals surface area contributed by atoms with Gasteiger partial charge in [-0.1, -0.05) is 50.2 Å². The molecule has 4 atom stereocenters. The molecule has 2 aromatic rings. The molecule has 1 aliphatic carbocycles. The van der Waals surface area contributed by atoms with E-state index in [1.54, 1.807) is 14.2 Å². The van der Waals surface area contributed by atoms with E-state index in [1.165, 1.54) is 5.56 Å². The maximum atomic E-state index is 13.6. The fourth-order valence-electron chi connectivity index (χ4n) is 5.48. The van der Waals surface area contributed by atoms with Gasteiger partial charge in [-0.25, -0.2) is 0 Å². The first kappa shape index (κ1) is 27.1. The Morgan fingerprint density at radius 3 is 2.20 bits per heavy atom. The molecule has 2 aromatic carbocycles. The summed E-state index contributed by atoms with van der Waals surface area (Å²) in [5.74, 6) is 1.90. The van der Waals surface area contributed by atoms with Crippen LogP contribution in [0.3, 0.4) is 0 Å². The lowest BCUT2D eigenvalue weighted by molar-refractivity contribution is -0.164. The molecule has 5 heteroatoms. The Balaban J connectivity index is 2.02. The largest absolute Gasteiger partial charge is 0.493 e. The summed E-state index contributed by atoms with van der Waals surface area (Å²) in [6.45, 7) is 13.2. The molecule has 0 amide bonds. The van der Waals surface area contributed by atoms with E-state index in [9.17, 15) is 4.79 Å². The molecule has 1 saturated carbocycles. The highest BCUT2D eigenvalue weighted by Gasteiger charge is 2.47. The Bertz CT molecular complexity index is 966. The zero-order chi connectivity index (χ0) is 25.8. The van der Waals surface area contributed by atoms with Gasteiger partial charge in [0.05, 0.1) is 20.1 Å².